The molecule has 1 aromatic carbocycles. The fourth-order valence-corrected chi connectivity index (χ4v) is 2.77. The molecular weight excluding hydrogens is 198 g/mol. The van der Waals surface area contributed by atoms with Gasteiger partial charge in [0.15, 0.2) is 0 Å². The third-order valence-electron chi connectivity index (χ3n) is 3.65. The second-order valence-electron chi connectivity index (χ2n) is 4.59. The summed E-state index contributed by atoms with van der Waals surface area (Å²) in [6, 6.07) is 9.24. The Kier molecular flexibility index (Phi) is 2.35. The minimum absolute atomic E-state index is 0.714. The van der Waals surface area contributed by atoms with Crippen molar-refractivity contribution in [2.45, 2.75) is 31.7 Å². The largest absolute Gasteiger partial charge is 0.497 e. The number of rotatable bonds is 2. The van der Waals surface area contributed by atoms with Crippen LogP contribution in [0.15, 0.2) is 30.5 Å². The zero-order valence-corrected chi connectivity index (χ0v) is 9.65. The van der Waals surface area contributed by atoms with E-state index in [9.17, 15) is 0 Å². The van der Waals surface area contributed by atoms with Gasteiger partial charge in [0.25, 0.3) is 0 Å². The van der Waals surface area contributed by atoms with Gasteiger partial charge in [-0.25, -0.2) is 0 Å². The van der Waals surface area contributed by atoms with Gasteiger partial charge in [0.1, 0.15) is 5.75 Å². The number of hydrogen-bond donors (Lipinski definition) is 0. The minimum atomic E-state index is 0.714. The van der Waals surface area contributed by atoms with Gasteiger partial charge in [0.05, 0.1) is 7.11 Å². The molecule has 84 valence electrons. The molecule has 0 saturated heterocycles. The van der Waals surface area contributed by atoms with Gasteiger partial charge in [0, 0.05) is 23.1 Å². The number of benzene rings is 1. The molecule has 2 aromatic rings. The van der Waals surface area contributed by atoms with Crippen molar-refractivity contribution in [3.63, 3.8) is 0 Å². The molecule has 0 unspecified atom stereocenters. The van der Waals surface area contributed by atoms with Gasteiger partial charge >= 0.3 is 0 Å². The molecule has 16 heavy (non-hydrogen) atoms. The molecular formula is C14H17NO. The summed E-state index contributed by atoms with van der Waals surface area (Å²) in [5.41, 5.74) is 1.34. The summed E-state index contributed by atoms with van der Waals surface area (Å²) >= 11 is 0. The van der Waals surface area contributed by atoms with Crippen molar-refractivity contribution in [2.75, 3.05) is 7.11 Å². The van der Waals surface area contributed by atoms with Crippen LogP contribution in [0, 0.1) is 0 Å². The topological polar surface area (TPSA) is 14.2 Å². The molecule has 2 heteroatoms. The van der Waals surface area contributed by atoms with Crippen molar-refractivity contribution < 1.29 is 4.74 Å². The Hall–Kier alpha value is -1.44. The predicted octanol–water partition coefficient (Wildman–Crippen LogP) is 3.77. The van der Waals surface area contributed by atoms with E-state index in [4.69, 9.17) is 4.74 Å². The number of fused-ring (bicyclic) bond motifs is 1. The van der Waals surface area contributed by atoms with Crippen LogP contribution < -0.4 is 4.74 Å². The van der Waals surface area contributed by atoms with E-state index >= 15 is 0 Å². The lowest BCUT2D eigenvalue weighted by atomic mass is 10.2. The van der Waals surface area contributed by atoms with E-state index in [0.717, 1.165) is 5.75 Å². The molecule has 0 amide bonds. The Bertz CT molecular complexity index is 494. The molecule has 1 saturated carbocycles. The molecule has 2 nitrogen and oxygen atoms in total. The predicted molar refractivity (Wildman–Crippen MR) is 66.0 cm³/mol. The van der Waals surface area contributed by atoms with Crippen LogP contribution in [0.25, 0.3) is 10.9 Å². The van der Waals surface area contributed by atoms with E-state index in [1.807, 2.05) is 6.07 Å². The Morgan fingerprint density at radius 3 is 2.75 bits per heavy atom. The van der Waals surface area contributed by atoms with Gasteiger partial charge in [-0.2, -0.15) is 0 Å². The number of nitrogens with zero attached hydrogens (tertiary/aromatic N) is 1. The Morgan fingerprint density at radius 2 is 2.00 bits per heavy atom. The fourth-order valence-electron chi connectivity index (χ4n) is 2.77. The van der Waals surface area contributed by atoms with Gasteiger partial charge < -0.3 is 9.30 Å². The maximum Gasteiger partial charge on any atom is 0.119 e. The van der Waals surface area contributed by atoms with Gasteiger partial charge in [-0.15, -0.1) is 0 Å². The van der Waals surface area contributed by atoms with Crippen molar-refractivity contribution in [2.24, 2.45) is 0 Å². The van der Waals surface area contributed by atoms with Crippen molar-refractivity contribution in [1.29, 1.82) is 0 Å². The van der Waals surface area contributed by atoms with E-state index < -0.39 is 0 Å². The number of aromatic nitrogens is 1. The van der Waals surface area contributed by atoms with E-state index in [1.54, 1.807) is 7.11 Å². The van der Waals surface area contributed by atoms with Crippen molar-refractivity contribution >= 4 is 10.9 Å². The third kappa shape index (κ3) is 1.49. The second-order valence-corrected chi connectivity index (χ2v) is 4.59. The summed E-state index contributed by atoms with van der Waals surface area (Å²) < 4.78 is 7.68. The average Bonchev–Trinajstić information content (AvgIpc) is 2.96. The van der Waals surface area contributed by atoms with Crippen LogP contribution in [0.3, 0.4) is 0 Å². The minimum Gasteiger partial charge on any atom is -0.497 e. The molecule has 1 aliphatic rings. The normalized spacial score (nSPS) is 17.1. The maximum atomic E-state index is 5.25. The highest BCUT2D eigenvalue weighted by molar-refractivity contribution is 5.81. The maximum absolute atomic E-state index is 5.25. The lowest BCUT2D eigenvalue weighted by molar-refractivity contribution is 0.415. The molecule has 0 N–H and O–H groups in total. The first kappa shape index (κ1) is 9.76. The molecule has 1 heterocycles. The second kappa shape index (κ2) is 3.85. The van der Waals surface area contributed by atoms with Crippen LogP contribution in [0.2, 0.25) is 0 Å². The van der Waals surface area contributed by atoms with E-state index in [1.165, 1.54) is 36.6 Å². The lowest BCUT2D eigenvalue weighted by Gasteiger charge is -2.13. The Balaban J connectivity index is 2.06. The summed E-state index contributed by atoms with van der Waals surface area (Å²) in [4.78, 5) is 0. The van der Waals surface area contributed by atoms with E-state index in [-0.39, 0.29) is 0 Å². The van der Waals surface area contributed by atoms with Crippen LogP contribution in [0.5, 0.6) is 5.75 Å². The lowest BCUT2D eigenvalue weighted by Crippen LogP contribution is -2.02. The van der Waals surface area contributed by atoms with Gasteiger partial charge in [0.2, 0.25) is 0 Å². The highest BCUT2D eigenvalue weighted by Gasteiger charge is 2.17. The zero-order chi connectivity index (χ0) is 11.0. The summed E-state index contributed by atoms with van der Waals surface area (Å²) in [7, 11) is 1.72. The highest BCUT2D eigenvalue weighted by atomic mass is 16.5. The van der Waals surface area contributed by atoms with Crippen LogP contribution in [-0.4, -0.2) is 11.7 Å². The van der Waals surface area contributed by atoms with E-state index in [2.05, 4.69) is 29.0 Å². The van der Waals surface area contributed by atoms with Crippen molar-refractivity contribution in [3.05, 3.63) is 30.5 Å². The third-order valence-corrected chi connectivity index (χ3v) is 3.65. The van der Waals surface area contributed by atoms with Gasteiger partial charge in [-0.1, -0.05) is 12.8 Å². The average molecular weight is 215 g/mol. The molecule has 0 bridgehead atoms. The van der Waals surface area contributed by atoms with Gasteiger partial charge in [-0.3, -0.25) is 0 Å². The van der Waals surface area contributed by atoms with Crippen LogP contribution in [0.1, 0.15) is 31.7 Å². The zero-order valence-electron chi connectivity index (χ0n) is 9.65. The summed E-state index contributed by atoms with van der Waals surface area (Å²) in [5.74, 6) is 0.941. The first-order valence-corrected chi connectivity index (χ1v) is 6.03. The van der Waals surface area contributed by atoms with Gasteiger partial charge in [-0.05, 0) is 37.1 Å². The molecule has 1 aromatic heterocycles. The summed E-state index contributed by atoms with van der Waals surface area (Å²) in [6.45, 7) is 0. The Labute approximate surface area is 95.8 Å². The van der Waals surface area contributed by atoms with Crippen LogP contribution >= 0.6 is 0 Å². The molecule has 1 fully saturated rings. The molecule has 0 radical (unpaired) electrons. The van der Waals surface area contributed by atoms with Crippen molar-refractivity contribution in [1.82, 2.24) is 4.57 Å². The highest BCUT2D eigenvalue weighted by Crippen LogP contribution is 2.33. The fraction of sp³-hybridized carbons (Fsp3) is 0.429. The van der Waals surface area contributed by atoms with Crippen LogP contribution in [0.4, 0.5) is 0 Å². The molecule has 0 aliphatic heterocycles. The molecule has 0 spiro atoms. The quantitative estimate of drug-likeness (QED) is 0.744. The molecule has 1 aliphatic carbocycles. The smallest absolute Gasteiger partial charge is 0.119 e. The summed E-state index contributed by atoms with van der Waals surface area (Å²) in [6.07, 6.45) is 7.63. The first-order chi connectivity index (χ1) is 7.88. The summed E-state index contributed by atoms with van der Waals surface area (Å²) in [5, 5.41) is 1.28. The molecule has 0 atom stereocenters. The van der Waals surface area contributed by atoms with Crippen LogP contribution in [-0.2, 0) is 0 Å². The SMILES string of the molecule is COc1ccc2c(ccn2C2CCCC2)c1. The number of ether oxygens (including phenoxy) is 1. The number of methoxy groups -OCH3 is 1. The van der Waals surface area contributed by atoms with Crippen molar-refractivity contribution in [3.8, 4) is 5.75 Å². The number of hydrogen-bond acceptors (Lipinski definition) is 1. The molecule has 3 rings (SSSR count). The first-order valence-electron chi connectivity index (χ1n) is 6.03. The van der Waals surface area contributed by atoms with E-state index in [0.29, 0.717) is 6.04 Å². The standard InChI is InChI=1S/C14H17NO/c1-16-13-6-7-14-11(10-13)8-9-15(14)12-4-2-3-5-12/h6-10,12H,2-5H2,1H3. The Morgan fingerprint density at radius 1 is 1.19 bits per heavy atom. The monoisotopic (exact) mass is 215 g/mol.